The van der Waals surface area contributed by atoms with Gasteiger partial charge in [0, 0.05) is 30.7 Å². The molecule has 2 unspecified atom stereocenters. The fraction of sp³-hybridized carbons (Fsp3) is 0.600. The van der Waals surface area contributed by atoms with E-state index in [2.05, 4.69) is 30.0 Å². The van der Waals surface area contributed by atoms with Crippen molar-refractivity contribution in [2.75, 3.05) is 13.2 Å². The van der Waals surface area contributed by atoms with Crippen molar-refractivity contribution in [3.05, 3.63) is 29.8 Å². The summed E-state index contributed by atoms with van der Waals surface area (Å²) in [7, 11) is 0. The summed E-state index contributed by atoms with van der Waals surface area (Å²) < 4.78 is 5.68. The number of hydrogen-bond acceptors (Lipinski definition) is 3. The standard InChI is InChI=1S/C15H24N2O/c1-3-18-15-7-5-4-6-13(15)11-17-9-8-14(16)10-12(17)2/h4-7,12,14H,3,8-11,16H2,1-2H3. The zero-order valence-electron chi connectivity index (χ0n) is 11.4. The number of benzene rings is 1. The van der Waals surface area contributed by atoms with E-state index in [-0.39, 0.29) is 0 Å². The largest absolute Gasteiger partial charge is 0.494 e. The Balaban J connectivity index is 2.04. The summed E-state index contributed by atoms with van der Waals surface area (Å²) in [5.41, 5.74) is 7.29. The number of ether oxygens (including phenoxy) is 1. The van der Waals surface area contributed by atoms with Crippen LogP contribution in [0, 0.1) is 0 Å². The molecule has 1 saturated heterocycles. The quantitative estimate of drug-likeness (QED) is 0.889. The topological polar surface area (TPSA) is 38.5 Å². The van der Waals surface area contributed by atoms with Crippen LogP contribution < -0.4 is 10.5 Å². The Morgan fingerprint density at radius 2 is 2.17 bits per heavy atom. The first kappa shape index (κ1) is 13.4. The fourth-order valence-corrected chi connectivity index (χ4v) is 2.64. The highest BCUT2D eigenvalue weighted by atomic mass is 16.5. The number of hydrogen-bond donors (Lipinski definition) is 1. The average molecular weight is 248 g/mol. The lowest BCUT2D eigenvalue weighted by atomic mass is 9.98. The first-order chi connectivity index (χ1) is 8.70. The van der Waals surface area contributed by atoms with Gasteiger partial charge in [-0.1, -0.05) is 18.2 Å². The first-order valence-corrected chi connectivity index (χ1v) is 6.91. The monoisotopic (exact) mass is 248 g/mol. The molecule has 0 aliphatic carbocycles. The molecule has 0 bridgehead atoms. The third-order valence-corrected chi connectivity index (χ3v) is 3.70. The van der Waals surface area contributed by atoms with Crippen LogP contribution >= 0.6 is 0 Å². The van der Waals surface area contributed by atoms with Gasteiger partial charge < -0.3 is 10.5 Å². The molecule has 2 rings (SSSR count). The second kappa shape index (κ2) is 6.21. The first-order valence-electron chi connectivity index (χ1n) is 6.91. The maximum atomic E-state index is 6.01. The molecule has 0 radical (unpaired) electrons. The Kier molecular flexibility index (Phi) is 4.61. The van der Waals surface area contributed by atoms with Gasteiger partial charge in [-0.05, 0) is 32.8 Å². The Morgan fingerprint density at radius 3 is 2.89 bits per heavy atom. The van der Waals surface area contributed by atoms with Gasteiger partial charge in [0.05, 0.1) is 6.61 Å². The van der Waals surface area contributed by atoms with Crippen LogP contribution in [0.15, 0.2) is 24.3 Å². The van der Waals surface area contributed by atoms with E-state index in [9.17, 15) is 0 Å². The van der Waals surface area contributed by atoms with Crippen molar-refractivity contribution in [2.45, 2.75) is 45.3 Å². The highest BCUT2D eigenvalue weighted by Crippen LogP contribution is 2.24. The van der Waals surface area contributed by atoms with Crippen molar-refractivity contribution in [2.24, 2.45) is 5.73 Å². The molecular formula is C15H24N2O. The lowest BCUT2D eigenvalue weighted by Gasteiger charge is -2.36. The van der Waals surface area contributed by atoms with E-state index >= 15 is 0 Å². The molecule has 1 fully saturated rings. The van der Waals surface area contributed by atoms with Crippen LogP contribution in [0.3, 0.4) is 0 Å². The average Bonchev–Trinajstić information content (AvgIpc) is 2.35. The van der Waals surface area contributed by atoms with Gasteiger partial charge in [-0.3, -0.25) is 4.90 Å². The van der Waals surface area contributed by atoms with Gasteiger partial charge in [0.2, 0.25) is 0 Å². The lowest BCUT2D eigenvalue weighted by Crippen LogP contribution is -2.45. The minimum Gasteiger partial charge on any atom is -0.494 e. The second-order valence-electron chi connectivity index (χ2n) is 5.14. The summed E-state index contributed by atoms with van der Waals surface area (Å²) >= 11 is 0. The molecule has 3 heteroatoms. The van der Waals surface area contributed by atoms with Crippen LogP contribution in [0.4, 0.5) is 0 Å². The van der Waals surface area contributed by atoms with Gasteiger partial charge in [0.25, 0.3) is 0 Å². The third-order valence-electron chi connectivity index (χ3n) is 3.70. The van der Waals surface area contributed by atoms with Crippen molar-refractivity contribution >= 4 is 0 Å². The number of nitrogens with two attached hydrogens (primary N) is 1. The molecule has 0 aromatic heterocycles. The summed E-state index contributed by atoms with van der Waals surface area (Å²) in [6.45, 7) is 7.06. The van der Waals surface area contributed by atoms with Gasteiger partial charge in [0.1, 0.15) is 5.75 Å². The van der Waals surface area contributed by atoms with Crippen molar-refractivity contribution in [1.82, 2.24) is 4.90 Å². The summed E-state index contributed by atoms with van der Waals surface area (Å²) in [6.07, 6.45) is 2.19. The molecule has 1 aliphatic heterocycles. The van der Waals surface area contributed by atoms with E-state index in [1.165, 1.54) is 5.56 Å². The molecule has 1 aromatic carbocycles. The minimum atomic E-state index is 0.374. The van der Waals surface area contributed by atoms with Gasteiger partial charge in [-0.25, -0.2) is 0 Å². The van der Waals surface area contributed by atoms with E-state index < -0.39 is 0 Å². The number of likely N-dealkylation sites (tertiary alicyclic amines) is 1. The maximum Gasteiger partial charge on any atom is 0.123 e. The lowest BCUT2D eigenvalue weighted by molar-refractivity contribution is 0.138. The van der Waals surface area contributed by atoms with E-state index in [0.717, 1.165) is 38.3 Å². The molecular weight excluding hydrogens is 224 g/mol. The van der Waals surface area contributed by atoms with Gasteiger partial charge >= 0.3 is 0 Å². The summed E-state index contributed by atoms with van der Waals surface area (Å²) in [5, 5.41) is 0. The van der Waals surface area contributed by atoms with Crippen LogP contribution in [0.5, 0.6) is 5.75 Å². The minimum absolute atomic E-state index is 0.374. The van der Waals surface area contributed by atoms with Gasteiger partial charge in [-0.2, -0.15) is 0 Å². The highest BCUT2D eigenvalue weighted by molar-refractivity contribution is 5.33. The second-order valence-corrected chi connectivity index (χ2v) is 5.14. The number of piperidine rings is 1. The molecule has 1 heterocycles. The Hall–Kier alpha value is -1.06. The van der Waals surface area contributed by atoms with Crippen LogP contribution in [0.1, 0.15) is 32.3 Å². The van der Waals surface area contributed by atoms with Crippen LogP contribution in [0.2, 0.25) is 0 Å². The Bertz CT molecular complexity index is 381. The Labute approximate surface area is 110 Å². The number of rotatable bonds is 4. The molecule has 1 aromatic rings. The molecule has 18 heavy (non-hydrogen) atoms. The van der Waals surface area contributed by atoms with Gasteiger partial charge in [-0.15, -0.1) is 0 Å². The fourth-order valence-electron chi connectivity index (χ4n) is 2.64. The molecule has 0 spiro atoms. The SMILES string of the molecule is CCOc1ccccc1CN1CCC(N)CC1C. The predicted molar refractivity (Wildman–Crippen MR) is 74.7 cm³/mol. The highest BCUT2D eigenvalue weighted by Gasteiger charge is 2.23. The zero-order chi connectivity index (χ0) is 13.0. The van der Waals surface area contributed by atoms with Crippen molar-refractivity contribution < 1.29 is 4.74 Å². The number of para-hydroxylation sites is 1. The predicted octanol–water partition coefficient (Wildman–Crippen LogP) is 2.40. The summed E-state index contributed by atoms with van der Waals surface area (Å²) in [6, 6.07) is 9.26. The van der Waals surface area contributed by atoms with E-state index in [1.807, 2.05) is 13.0 Å². The van der Waals surface area contributed by atoms with Crippen molar-refractivity contribution in [1.29, 1.82) is 0 Å². The Morgan fingerprint density at radius 1 is 1.39 bits per heavy atom. The molecule has 100 valence electrons. The van der Waals surface area contributed by atoms with Crippen LogP contribution in [-0.4, -0.2) is 30.1 Å². The maximum absolute atomic E-state index is 6.01. The zero-order valence-corrected chi connectivity index (χ0v) is 11.4. The van der Waals surface area contributed by atoms with Crippen LogP contribution in [-0.2, 0) is 6.54 Å². The molecule has 2 N–H and O–H groups in total. The summed E-state index contributed by atoms with van der Waals surface area (Å²) in [5.74, 6) is 1.02. The van der Waals surface area contributed by atoms with Crippen molar-refractivity contribution in [3.8, 4) is 5.75 Å². The number of nitrogens with zero attached hydrogens (tertiary/aromatic N) is 1. The van der Waals surface area contributed by atoms with E-state index in [0.29, 0.717) is 12.1 Å². The third kappa shape index (κ3) is 3.24. The van der Waals surface area contributed by atoms with E-state index in [4.69, 9.17) is 10.5 Å². The summed E-state index contributed by atoms with van der Waals surface area (Å²) in [4.78, 5) is 2.50. The molecule has 0 amide bonds. The van der Waals surface area contributed by atoms with Crippen LogP contribution in [0.25, 0.3) is 0 Å². The molecule has 0 saturated carbocycles. The molecule has 1 aliphatic rings. The van der Waals surface area contributed by atoms with Crippen molar-refractivity contribution in [3.63, 3.8) is 0 Å². The molecule has 2 atom stereocenters. The normalized spacial score (nSPS) is 25.1. The van der Waals surface area contributed by atoms with Gasteiger partial charge in [0.15, 0.2) is 0 Å². The van der Waals surface area contributed by atoms with E-state index in [1.54, 1.807) is 0 Å². The molecule has 3 nitrogen and oxygen atoms in total. The smallest absolute Gasteiger partial charge is 0.123 e.